The van der Waals surface area contributed by atoms with Crippen LogP contribution in [-0.4, -0.2) is 5.11 Å². The molecule has 88 valence electrons. The molecule has 3 heteroatoms. The Hall–Kier alpha value is -1.67. The maximum atomic E-state index is 9.18. The summed E-state index contributed by atoms with van der Waals surface area (Å²) in [6.07, 6.45) is 0. The number of phenols is 1. The number of rotatable bonds is 4. The van der Waals surface area contributed by atoms with Gasteiger partial charge in [-0.3, -0.25) is 0 Å². The number of halogens is 1. The molecule has 0 atom stereocenters. The Bertz CT molecular complexity index is 482. The number of alkyl halides is 1. The Morgan fingerprint density at radius 1 is 1.00 bits per heavy atom. The van der Waals surface area contributed by atoms with Crippen molar-refractivity contribution in [1.29, 1.82) is 0 Å². The summed E-state index contributed by atoms with van der Waals surface area (Å²) in [4.78, 5) is 0. The van der Waals surface area contributed by atoms with Gasteiger partial charge in [-0.25, -0.2) is 0 Å². The molecule has 0 fully saturated rings. The zero-order valence-corrected chi connectivity index (χ0v) is 10.1. The highest BCUT2D eigenvalue weighted by molar-refractivity contribution is 6.17. The molecular weight excluding hydrogens is 234 g/mol. The van der Waals surface area contributed by atoms with Crippen LogP contribution >= 0.6 is 11.6 Å². The van der Waals surface area contributed by atoms with Crippen LogP contribution in [0.2, 0.25) is 0 Å². The molecule has 0 heterocycles. The average Bonchev–Trinajstić information content (AvgIpc) is 2.38. The Labute approximate surface area is 106 Å². The van der Waals surface area contributed by atoms with E-state index in [0.717, 1.165) is 23.4 Å². The summed E-state index contributed by atoms with van der Waals surface area (Å²) in [5.74, 6) is 0.812. The molecule has 0 unspecified atom stereocenters. The van der Waals surface area contributed by atoms with Gasteiger partial charge < -0.3 is 10.4 Å². The molecule has 0 saturated carbocycles. The molecule has 0 bridgehead atoms. The van der Waals surface area contributed by atoms with Crippen LogP contribution in [-0.2, 0) is 12.4 Å². The van der Waals surface area contributed by atoms with Gasteiger partial charge in [0.25, 0.3) is 0 Å². The maximum Gasteiger partial charge on any atom is 0.115 e. The van der Waals surface area contributed by atoms with E-state index in [0.29, 0.717) is 5.88 Å². The van der Waals surface area contributed by atoms with E-state index in [-0.39, 0.29) is 5.75 Å². The summed E-state index contributed by atoms with van der Waals surface area (Å²) in [5.41, 5.74) is 3.28. The molecule has 0 aliphatic rings. The van der Waals surface area contributed by atoms with Crippen molar-refractivity contribution in [3.8, 4) is 5.75 Å². The van der Waals surface area contributed by atoms with Gasteiger partial charge >= 0.3 is 0 Å². The van der Waals surface area contributed by atoms with Gasteiger partial charge in [0, 0.05) is 18.1 Å². The quantitative estimate of drug-likeness (QED) is 0.807. The molecule has 2 rings (SSSR count). The van der Waals surface area contributed by atoms with Crippen LogP contribution in [0.4, 0.5) is 5.69 Å². The van der Waals surface area contributed by atoms with E-state index >= 15 is 0 Å². The van der Waals surface area contributed by atoms with Crippen LogP contribution < -0.4 is 5.32 Å². The molecule has 0 spiro atoms. The minimum absolute atomic E-state index is 0.290. The fourth-order valence-corrected chi connectivity index (χ4v) is 1.75. The van der Waals surface area contributed by atoms with Gasteiger partial charge in [-0.05, 0) is 35.4 Å². The number of hydrogen-bond acceptors (Lipinski definition) is 2. The molecule has 2 aromatic rings. The minimum Gasteiger partial charge on any atom is -0.508 e. The third-order valence-corrected chi connectivity index (χ3v) is 2.82. The van der Waals surface area contributed by atoms with Crippen LogP contribution in [0.5, 0.6) is 5.75 Å². The highest BCUT2D eigenvalue weighted by Gasteiger charge is 1.96. The molecule has 17 heavy (non-hydrogen) atoms. The summed E-state index contributed by atoms with van der Waals surface area (Å²) in [5, 5.41) is 12.5. The lowest BCUT2D eigenvalue weighted by Crippen LogP contribution is -1.99. The number of benzene rings is 2. The summed E-state index contributed by atoms with van der Waals surface area (Å²) in [7, 11) is 0. The van der Waals surface area contributed by atoms with Crippen LogP contribution in [0.15, 0.2) is 48.5 Å². The van der Waals surface area contributed by atoms with Gasteiger partial charge in [0.15, 0.2) is 0 Å². The molecule has 0 aromatic heterocycles. The summed E-state index contributed by atoms with van der Waals surface area (Å²) < 4.78 is 0. The maximum absolute atomic E-state index is 9.18. The lowest BCUT2D eigenvalue weighted by atomic mass is 10.2. The second kappa shape index (κ2) is 5.60. The summed E-state index contributed by atoms with van der Waals surface area (Å²) in [6.45, 7) is 0.728. The SMILES string of the molecule is Oc1ccc(CNc2cccc(CCl)c2)cc1. The van der Waals surface area contributed by atoms with Crippen molar-refractivity contribution >= 4 is 17.3 Å². The van der Waals surface area contributed by atoms with Crippen molar-refractivity contribution in [2.45, 2.75) is 12.4 Å². The minimum atomic E-state index is 0.290. The number of nitrogens with one attached hydrogen (secondary N) is 1. The molecule has 0 aliphatic carbocycles. The van der Waals surface area contributed by atoms with Gasteiger partial charge in [-0.2, -0.15) is 0 Å². The van der Waals surface area contributed by atoms with Crippen molar-refractivity contribution < 1.29 is 5.11 Å². The molecule has 0 aliphatic heterocycles. The Morgan fingerprint density at radius 2 is 1.76 bits per heavy atom. The Balaban J connectivity index is 1.99. The second-order valence-corrected chi connectivity index (χ2v) is 4.12. The number of anilines is 1. The molecule has 2 nitrogen and oxygen atoms in total. The highest BCUT2D eigenvalue weighted by atomic mass is 35.5. The largest absolute Gasteiger partial charge is 0.508 e. The first-order valence-electron chi connectivity index (χ1n) is 5.44. The molecule has 0 saturated heterocycles. The number of phenolic OH excluding ortho intramolecular Hbond substituents is 1. The first-order valence-corrected chi connectivity index (χ1v) is 5.98. The number of hydrogen-bond donors (Lipinski definition) is 2. The monoisotopic (exact) mass is 247 g/mol. The van der Waals surface area contributed by atoms with Gasteiger partial charge in [0.1, 0.15) is 5.75 Å². The topological polar surface area (TPSA) is 32.3 Å². The first kappa shape index (κ1) is 11.8. The normalized spacial score (nSPS) is 10.2. The predicted molar refractivity (Wildman–Crippen MR) is 71.4 cm³/mol. The van der Waals surface area contributed by atoms with E-state index in [1.807, 2.05) is 36.4 Å². The molecular formula is C14H14ClNO. The Kier molecular flexibility index (Phi) is 3.89. The molecule has 2 N–H and O–H groups in total. The van der Waals surface area contributed by atoms with Crippen LogP contribution in [0.25, 0.3) is 0 Å². The summed E-state index contributed by atoms with van der Waals surface area (Å²) in [6, 6.07) is 15.2. The lowest BCUT2D eigenvalue weighted by Gasteiger charge is -2.07. The molecule has 2 aromatic carbocycles. The Morgan fingerprint density at radius 3 is 2.47 bits per heavy atom. The highest BCUT2D eigenvalue weighted by Crippen LogP contribution is 2.15. The lowest BCUT2D eigenvalue weighted by molar-refractivity contribution is 0.475. The van der Waals surface area contributed by atoms with E-state index in [1.54, 1.807) is 12.1 Å². The van der Waals surface area contributed by atoms with Gasteiger partial charge in [-0.1, -0.05) is 24.3 Å². The fourth-order valence-electron chi connectivity index (χ4n) is 1.58. The second-order valence-electron chi connectivity index (χ2n) is 3.85. The van der Waals surface area contributed by atoms with Gasteiger partial charge in [0.2, 0.25) is 0 Å². The number of aromatic hydroxyl groups is 1. The predicted octanol–water partition coefficient (Wildman–Crippen LogP) is 3.74. The average molecular weight is 248 g/mol. The standard InChI is InChI=1S/C14H14ClNO/c15-9-12-2-1-3-13(8-12)16-10-11-4-6-14(17)7-5-11/h1-8,16-17H,9-10H2. The van der Waals surface area contributed by atoms with E-state index in [4.69, 9.17) is 11.6 Å². The zero-order chi connectivity index (χ0) is 12.1. The van der Waals surface area contributed by atoms with Crippen LogP contribution in [0, 0.1) is 0 Å². The van der Waals surface area contributed by atoms with Crippen molar-refractivity contribution in [3.63, 3.8) is 0 Å². The molecule has 0 amide bonds. The van der Waals surface area contributed by atoms with Gasteiger partial charge in [-0.15, -0.1) is 11.6 Å². The van der Waals surface area contributed by atoms with Crippen molar-refractivity contribution in [2.75, 3.05) is 5.32 Å². The van der Waals surface area contributed by atoms with E-state index in [1.165, 1.54) is 0 Å². The first-order chi connectivity index (χ1) is 8.28. The molecule has 0 radical (unpaired) electrons. The zero-order valence-electron chi connectivity index (χ0n) is 9.36. The van der Waals surface area contributed by atoms with Crippen molar-refractivity contribution in [1.82, 2.24) is 0 Å². The van der Waals surface area contributed by atoms with Gasteiger partial charge in [0.05, 0.1) is 0 Å². The van der Waals surface area contributed by atoms with E-state index in [9.17, 15) is 5.11 Å². The van der Waals surface area contributed by atoms with Crippen molar-refractivity contribution in [3.05, 3.63) is 59.7 Å². The van der Waals surface area contributed by atoms with E-state index in [2.05, 4.69) is 5.32 Å². The fraction of sp³-hybridized carbons (Fsp3) is 0.143. The summed E-state index contributed by atoms with van der Waals surface area (Å²) >= 11 is 5.78. The van der Waals surface area contributed by atoms with Crippen LogP contribution in [0.1, 0.15) is 11.1 Å². The van der Waals surface area contributed by atoms with Crippen LogP contribution in [0.3, 0.4) is 0 Å². The van der Waals surface area contributed by atoms with Crippen molar-refractivity contribution in [2.24, 2.45) is 0 Å². The third-order valence-electron chi connectivity index (χ3n) is 2.51. The smallest absolute Gasteiger partial charge is 0.115 e. The third kappa shape index (κ3) is 3.40. The van der Waals surface area contributed by atoms with E-state index < -0.39 is 0 Å².